The van der Waals surface area contributed by atoms with Crippen LogP contribution in [-0.2, 0) is 10.0 Å². The highest BCUT2D eigenvalue weighted by Gasteiger charge is 2.23. The zero-order valence-electron chi connectivity index (χ0n) is 13.4. The van der Waals surface area contributed by atoms with E-state index in [1.165, 1.54) is 6.26 Å². The Morgan fingerprint density at radius 1 is 1.42 bits per heavy atom. The van der Waals surface area contributed by atoms with Gasteiger partial charge in [0, 0.05) is 29.5 Å². The lowest BCUT2D eigenvalue weighted by Crippen LogP contribution is -2.41. The number of piperidine rings is 1. The summed E-state index contributed by atoms with van der Waals surface area (Å²) < 4.78 is 26.3. The van der Waals surface area contributed by atoms with Crippen molar-refractivity contribution in [3.8, 4) is 0 Å². The van der Waals surface area contributed by atoms with Gasteiger partial charge in [-0.1, -0.05) is 15.9 Å². The maximum atomic E-state index is 11.3. The summed E-state index contributed by atoms with van der Waals surface area (Å²) in [5.74, 6) is 1.20. The Hall–Kier alpha value is -0.820. The van der Waals surface area contributed by atoms with Crippen LogP contribution in [0.1, 0.15) is 12.8 Å². The average molecular weight is 431 g/mol. The summed E-state index contributed by atoms with van der Waals surface area (Å²) in [5, 5.41) is 2.08. The van der Waals surface area contributed by atoms with Crippen LogP contribution in [0.5, 0.6) is 0 Å². The smallest absolute Gasteiger partial charge is 0.208 e. The van der Waals surface area contributed by atoms with Crippen LogP contribution in [-0.4, -0.2) is 44.3 Å². The van der Waals surface area contributed by atoms with Gasteiger partial charge >= 0.3 is 0 Å². The molecule has 1 aromatic heterocycles. The molecule has 1 aromatic carbocycles. The van der Waals surface area contributed by atoms with Crippen molar-refractivity contribution in [1.82, 2.24) is 14.7 Å². The number of hydrogen-bond acceptors (Lipinski definition) is 5. The van der Waals surface area contributed by atoms with Gasteiger partial charge in [-0.05, 0) is 36.2 Å². The highest BCUT2D eigenvalue weighted by molar-refractivity contribution is 9.10. The van der Waals surface area contributed by atoms with Crippen LogP contribution in [0.2, 0.25) is 0 Å². The maximum Gasteiger partial charge on any atom is 0.208 e. The fourth-order valence-corrected chi connectivity index (χ4v) is 4.15. The summed E-state index contributed by atoms with van der Waals surface area (Å²) in [4.78, 5) is 11.1. The molecular formula is C15H20BrN4O2PS. The second-order valence-corrected chi connectivity index (χ2v) is 9.47. The topological polar surface area (TPSA) is 75.2 Å². The molecule has 1 aliphatic rings. The van der Waals surface area contributed by atoms with Gasteiger partial charge in [-0.25, -0.2) is 23.1 Å². The molecule has 0 bridgehead atoms. The molecule has 2 unspecified atom stereocenters. The lowest BCUT2D eigenvalue weighted by molar-refractivity contribution is 0.410. The first-order chi connectivity index (χ1) is 11.3. The van der Waals surface area contributed by atoms with E-state index in [9.17, 15) is 8.42 Å². The minimum absolute atomic E-state index is 0.282. The molecule has 2 heterocycles. The maximum absolute atomic E-state index is 11.3. The molecule has 0 spiro atoms. The number of sulfonamides is 1. The van der Waals surface area contributed by atoms with Crippen LogP contribution in [0.3, 0.4) is 0 Å². The molecule has 0 radical (unpaired) electrons. The minimum Gasteiger partial charge on any atom is -0.356 e. The monoisotopic (exact) mass is 430 g/mol. The molecule has 9 heteroatoms. The third kappa shape index (κ3) is 4.23. The number of aromatic nitrogens is 2. The average Bonchev–Trinajstić information content (AvgIpc) is 2.53. The summed E-state index contributed by atoms with van der Waals surface area (Å²) in [6, 6.07) is 4.06. The molecule has 0 amide bonds. The highest BCUT2D eigenvalue weighted by Crippen LogP contribution is 2.28. The predicted octanol–water partition coefficient (Wildman–Crippen LogP) is 1.66. The molecule has 1 fully saturated rings. The van der Waals surface area contributed by atoms with Gasteiger partial charge in [-0.3, -0.25) is 0 Å². The third-order valence-electron chi connectivity index (χ3n) is 4.19. The van der Waals surface area contributed by atoms with E-state index in [4.69, 9.17) is 0 Å². The predicted molar refractivity (Wildman–Crippen MR) is 104 cm³/mol. The van der Waals surface area contributed by atoms with Crippen LogP contribution in [0, 0.1) is 5.92 Å². The fraction of sp³-hybridized carbons (Fsp3) is 0.467. The Morgan fingerprint density at radius 3 is 2.96 bits per heavy atom. The van der Waals surface area contributed by atoms with Crippen LogP contribution < -0.4 is 14.9 Å². The second kappa shape index (κ2) is 7.20. The van der Waals surface area contributed by atoms with Crippen molar-refractivity contribution < 1.29 is 8.42 Å². The van der Waals surface area contributed by atoms with Crippen LogP contribution in [0.4, 0.5) is 5.82 Å². The summed E-state index contributed by atoms with van der Waals surface area (Å²) in [7, 11) is -0.442. The molecule has 1 saturated heterocycles. The number of hydrogen-bond donors (Lipinski definition) is 1. The van der Waals surface area contributed by atoms with Crippen molar-refractivity contribution in [2.24, 2.45) is 5.92 Å². The van der Waals surface area contributed by atoms with Gasteiger partial charge in [0.05, 0.1) is 11.8 Å². The van der Waals surface area contributed by atoms with E-state index in [-0.39, 0.29) is 5.92 Å². The van der Waals surface area contributed by atoms with Crippen molar-refractivity contribution in [2.75, 3.05) is 30.8 Å². The van der Waals surface area contributed by atoms with E-state index < -0.39 is 10.0 Å². The van der Waals surface area contributed by atoms with Gasteiger partial charge in [-0.2, -0.15) is 0 Å². The Labute approximate surface area is 152 Å². The molecule has 0 saturated carbocycles. The molecule has 2 atom stereocenters. The lowest BCUT2D eigenvalue weighted by atomic mass is 9.98. The Kier molecular flexibility index (Phi) is 5.39. The Bertz CT molecular complexity index is 862. The van der Waals surface area contributed by atoms with E-state index in [1.54, 1.807) is 6.33 Å². The first-order valence-electron chi connectivity index (χ1n) is 7.73. The molecule has 0 aliphatic carbocycles. The number of anilines is 1. The molecule has 130 valence electrons. The number of nitrogens with one attached hydrogen (secondary N) is 1. The van der Waals surface area contributed by atoms with E-state index in [0.29, 0.717) is 6.54 Å². The molecular weight excluding hydrogens is 411 g/mol. The van der Waals surface area contributed by atoms with E-state index in [1.807, 2.05) is 6.07 Å². The van der Waals surface area contributed by atoms with Crippen LogP contribution in [0.15, 0.2) is 22.9 Å². The minimum atomic E-state index is -3.15. The highest BCUT2D eigenvalue weighted by atomic mass is 79.9. The molecule has 1 N–H and O–H groups in total. The first kappa shape index (κ1) is 18.0. The van der Waals surface area contributed by atoms with E-state index >= 15 is 0 Å². The molecule has 1 aliphatic heterocycles. The summed E-state index contributed by atoms with van der Waals surface area (Å²) >= 11 is 3.53. The van der Waals surface area contributed by atoms with E-state index in [0.717, 1.165) is 52.4 Å². The van der Waals surface area contributed by atoms with Gasteiger partial charge in [0.15, 0.2) is 0 Å². The fourth-order valence-electron chi connectivity index (χ4n) is 3.03. The SMILES string of the molecule is CS(=O)(=O)NCC1CCCN(c2ncnc3cc(Br)c(P)cc23)C1. The normalized spacial score (nSPS) is 19.0. The van der Waals surface area contributed by atoms with E-state index in [2.05, 4.69) is 50.8 Å². The summed E-state index contributed by atoms with van der Waals surface area (Å²) in [6.45, 7) is 2.18. The van der Waals surface area contributed by atoms with Gasteiger partial charge in [0.1, 0.15) is 12.1 Å². The van der Waals surface area contributed by atoms with Crippen molar-refractivity contribution in [3.05, 3.63) is 22.9 Å². The number of benzene rings is 1. The quantitative estimate of drug-likeness (QED) is 0.746. The van der Waals surface area contributed by atoms with Crippen LogP contribution in [0.25, 0.3) is 10.9 Å². The molecule has 6 nitrogen and oxygen atoms in total. The molecule has 3 rings (SSSR count). The second-order valence-electron chi connectivity index (χ2n) is 6.16. The van der Waals surface area contributed by atoms with Crippen molar-refractivity contribution in [2.45, 2.75) is 12.8 Å². The van der Waals surface area contributed by atoms with Gasteiger partial charge in [0.2, 0.25) is 10.0 Å². The Balaban J connectivity index is 1.86. The van der Waals surface area contributed by atoms with Gasteiger partial charge in [0.25, 0.3) is 0 Å². The van der Waals surface area contributed by atoms with Gasteiger partial charge in [-0.15, -0.1) is 9.24 Å². The summed E-state index contributed by atoms with van der Waals surface area (Å²) in [5.41, 5.74) is 0.898. The first-order valence-corrected chi connectivity index (χ1v) is 11.0. The molecule has 24 heavy (non-hydrogen) atoms. The summed E-state index contributed by atoms with van der Waals surface area (Å²) in [6.07, 6.45) is 4.82. The number of halogens is 1. The standard InChI is InChI=1S/C15H20BrN4O2PS/c1-24(21,22)19-7-10-3-2-4-20(8-10)15-11-5-14(23)12(16)6-13(11)17-9-18-15/h5-6,9-10,19H,2-4,7-8,23H2,1H3. The zero-order chi connectivity index (χ0) is 17.3. The number of nitrogens with zero attached hydrogens (tertiary/aromatic N) is 3. The largest absolute Gasteiger partial charge is 0.356 e. The number of fused-ring (bicyclic) bond motifs is 1. The van der Waals surface area contributed by atoms with Gasteiger partial charge < -0.3 is 4.90 Å². The third-order valence-corrected chi connectivity index (χ3v) is 6.46. The van der Waals surface area contributed by atoms with Crippen LogP contribution >= 0.6 is 25.2 Å². The van der Waals surface area contributed by atoms with Crippen molar-refractivity contribution >= 4 is 57.2 Å². The van der Waals surface area contributed by atoms with Crippen molar-refractivity contribution in [1.29, 1.82) is 0 Å². The lowest BCUT2D eigenvalue weighted by Gasteiger charge is -2.34. The van der Waals surface area contributed by atoms with Crippen molar-refractivity contribution in [3.63, 3.8) is 0 Å². The molecule has 2 aromatic rings. The Morgan fingerprint density at radius 2 is 2.21 bits per heavy atom. The zero-order valence-corrected chi connectivity index (χ0v) is 16.9. The number of rotatable bonds is 4.